The third kappa shape index (κ3) is 3.27. The average Bonchev–Trinajstić information content (AvgIpc) is 2.97. The summed E-state index contributed by atoms with van der Waals surface area (Å²) < 4.78 is 2.19. The Morgan fingerprint density at radius 2 is 2.32 bits per heavy atom. The summed E-state index contributed by atoms with van der Waals surface area (Å²) in [5.41, 5.74) is 1.07. The van der Waals surface area contributed by atoms with E-state index in [1.54, 1.807) is 11.1 Å². The average molecular weight is 299 g/mol. The van der Waals surface area contributed by atoms with Gasteiger partial charge in [0.05, 0.1) is 0 Å². The number of carbonyl (C=O) groups excluding carboxylic acids is 1. The molecule has 1 atom stereocenters. The summed E-state index contributed by atoms with van der Waals surface area (Å²) in [4.78, 5) is 22.5. The lowest BCUT2D eigenvalue weighted by Gasteiger charge is -2.27. The largest absolute Gasteiger partial charge is 0.335 e. The molecule has 2 aromatic heterocycles. The Morgan fingerprint density at radius 1 is 1.45 bits per heavy atom. The molecule has 0 aliphatic carbocycles. The van der Waals surface area contributed by atoms with Gasteiger partial charge in [0.1, 0.15) is 11.6 Å². The Kier molecular flexibility index (Phi) is 4.09. The molecule has 116 valence electrons. The third-order valence-corrected chi connectivity index (χ3v) is 4.08. The number of aromatic nitrogens is 3. The van der Waals surface area contributed by atoms with E-state index in [2.05, 4.69) is 19.9 Å². The zero-order valence-corrected chi connectivity index (χ0v) is 13.0. The van der Waals surface area contributed by atoms with Crippen LogP contribution in [-0.2, 0) is 13.0 Å². The second-order valence-corrected chi connectivity index (χ2v) is 5.93. The predicted molar refractivity (Wildman–Crippen MR) is 84.7 cm³/mol. The van der Waals surface area contributed by atoms with E-state index in [9.17, 15) is 4.79 Å². The van der Waals surface area contributed by atoms with E-state index in [-0.39, 0.29) is 6.03 Å². The summed E-state index contributed by atoms with van der Waals surface area (Å²) >= 11 is 0. The maximum absolute atomic E-state index is 12.2. The maximum Gasteiger partial charge on any atom is 0.322 e. The molecule has 6 heteroatoms. The van der Waals surface area contributed by atoms with Crippen molar-refractivity contribution in [3.8, 4) is 0 Å². The highest BCUT2D eigenvalue weighted by Gasteiger charge is 2.22. The van der Waals surface area contributed by atoms with E-state index in [4.69, 9.17) is 0 Å². The molecule has 2 aromatic rings. The molecule has 1 aliphatic rings. The normalized spacial score (nSPS) is 16.9. The molecule has 1 aliphatic heterocycles. The van der Waals surface area contributed by atoms with Crippen LogP contribution in [0.2, 0.25) is 0 Å². The highest BCUT2D eigenvalue weighted by atomic mass is 16.2. The third-order valence-electron chi connectivity index (χ3n) is 4.08. The molecule has 0 radical (unpaired) electrons. The monoisotopic (exact) mass is 299 g/mol. The van der Waals surface area contributed by atoms with E-state index in [1.165, 1.54) is 0 Å². The van der Waals surface area contributed by atoms with E-state index >= 15 is 0 Å². The quantitative estimate of drug-likeness (QED) is 0.946. The van der Waals surface area contributed by atoms with Crippen molar-refractivity contribution < 1.29 is 4.79 Å². The minimum absolute atomic E-state index is 0.120. The molecule has 6 nitrogen and oxygen atoms in total. The van der Waals surface area contributed by atoms with Gasteiger partial charge < -0.3 is 9.47 Å². The van der Waals surface area contributed by atoms with Crippen molar-refractivity contribution in [2.45, 2.75) is 26.3 Å². The summed E-state index contributed by atoms with van der Waals surface area (Å²) in [6, 6.07) is 3.63. The number of hydrogen-bond acceptors (Lipinski definition) is 3. The van der Waals surface area contributed by atoms with Gasteiger partial charge in [0, 0.05) is 45.1 Å². The van der Waals surface area contributed by atoms with Gasteiger partial charge in [-0.1, -0.05) is 6.07 Å². The summed E-state index contributed by atoms with van der Waals surface area (Å²) in [6.07, 6.45) is 7.61. The minimum atomic E-state index is -0.120. The van der Waals surface area contributed by atoms with Gasteiger partial charge in [-0.15, -0.1) is 0 Å². The number of carbonyl (C=O) groups is 1. The zero-order chi connectivity index (χ0) is 15.5. The van der Waals surface area contributed by atoms with Crippen molar-refractivity contribution in [1.29, 1.82) is 0 Å². The van der Waals surface area contributed by atoms with Gasteiger partial charge in [-0.25, -0.2) is 14.8 Å². The van der Waals surface area contributed by atoms with E-state index in [1.807, 2.05) is 38.5 Å². The number of pyridine rings is 1. The topological polar surface area (TPSA) is 63.1 Å². The van der Waals surface area contributed by atoms with Crippen LogP contribution in [0.1, 0.15) is 17.8 Å². The Balaban J connectivity index is 1.54. The Bertz CT molecular complexity index is 649. The first-order valence-electron chi connectivity index (χ1n) is 7.56. The van der Waals surface area contributed by atoms with Gasteiger partial charge in [-0.2, -0.15) is 0 Å². The number of anilines is 1. The number of urea groups is 1. The summed E-state index contributed by atoms with van der Waals surface area (Å²) in [6.45, 7) is 3.68. The fraction of sp³-hybridized carbons (Fsp3) is 0.438. The van der Waals surface area contributed by atoms with Crippen molar-refractivity contribution in [3.05, 3.63) is 42.1 Å². The molecule has 0 bridgehead atoms. The van der Waals surface area contributed by atoms with E-state index in [0.29, 0.717) is 11.7 Å². The van der Waals surface area contributed by atoms with Gasteiger partial charge in [0.25, 0.3) is 0 Å². The lowest BCUT2D eigenvalue weighted by atomic mass is 9.97. The molecular formula is C16H21N5O. The lowest BCUT2D eigenvalue weighted by molar-refractivity contribution is 0.207. The van der Waals surface area contributed by atoms with Crippen LogP contribution in [0.25, 0.3) is 0 Å². The van der Waals surface area contributed by atoms with Crippen LogP contribution < -0.4 is 5.32 Å². The van der Waals surface area contributed by atoms with Crippen LogP contribution in [-0.4, -0.2) is 39.1 Å². The fourth-order valence-corrected chi connectivity index (χ4v) is 2.79. The van der Waals surface area contributed by atoms with Gasteiger partial charge in [-0.3, -0.25) is 5.32 Å². The van der Waals surface area contributed by atoms with Crippen LogP contribution >= 0.6 is 0 Å². The van der Waals surface area contributed by atoms with Crippen LogP contribution in [0, 0.1) is 12.8 Å². The molecule has 0 aromatic carbocycles. The molecule has 2 amide bonds. The second-order valence-electron chi connectivity index (χ2n) is 5.93. The maximum atomic E-state index is 12.2. The predicted octanol–water partition coefficient (Wildman–Crippen LogP) is 2.31. The smallest absolute Gasteiger partial charge is 0.322 e. The highest BCUT2D eigenvalue weighted by Crippen LogP contribution is 2.20. The van der Waals surface area contributed by atoms with Crippen molar-refractivity contribution in [2.24, 2.45) is 5.92 Å². The standard InChI is InChI=1S/C16H21N5O/c1-12-3-4-14(18-10-12)19-16(22)20(2)11-13-5-7-21-8-6-17-15(21)9-13/h3-4,6,8,10,13H,5,7,9,11H2,1-2H3,(H,18,19,22). The molecule has 3 heterocycles. The van der Waals surface area contributed by atoms with E-state index in [0.717, 1.165) is 37.3 Å². The number of amides is 2. The van der Waals surface area contributed by atoms with Gasteiger partial charge >= 0.3 is 6.03 Å². The lowest BCUT2D eigenvalue weighted by Crippen LogP contribution is -2.37. The SMILES string of the molecule is Cc1ccc(NC(=O)N(C)CC2CCn3ccnc3C2)nc1. The molecule has 0 fully saturated rings. The number of nitrogens with zero attached hydrogens (tertiary/aromatic N) is 4. The number of nitrogens with one attached hydrogen (secondary N) is 1. The van der Waals surface area contributed by atoms with Crippen molar-refractivity contribution in [1.82, 2.24) is 19.4 Å². The molecular weight excluding hydrogens is 278 g/mol. The van der Waals surface area contributed by atoms with Gasteiger partial charge in [0.15, 0.2) is 0 Å². The fourth-order valence-electron chi connectivity index (χ4n) is 2.79. The van der Waals surface area contributed by atoms with Crippen LogP contribution in [0.5, 0.6) is 0 Å². The summed E-state index contributed by atoms with van der Waals surface area (Å²) in [7, 11) is 1.82. The number of imidazole rings is 1. The summed E-state index contributed by atoms with van der Waals surface area (Å²) in [5, 5.41) is 2.83. The van der Waals surface area contributed by atoms with Crippen LogP contribution in [0.4, 0.5) is 10.6 Å². The highest BCUT2D eigenvalue weighted by molar-refractivity contribution is 5.88. The summed E-state index contributed by atoms with van der Waals surface area (Å²) in [5.74, 6) is 2.16. The molecule has 22 heavy (non-hydrogen) atoms. The number of hydrogen-bond donors (Lipinski definition) is 1. The molecule has 0 spiro atoms. The number of rotatable bonds is 3. The molecule has 0 saturated heterocycles. The first-order valence-corrected chi connectivity index (χ1v) is 7.56. The molecule has 0 saturated carbocycles. The van der Waals surface area contributed by atoms with Crippen LogP contribution in [0.3, 0.4) is 0 Å². The Morgan fingerprint density at radius 3 is 3.09 bits per heavy atom. The molecule has 1 N–H and O–H groups in total. The number of aryl methyl sites for hydroxylation is 2. The van der Waals surface area contributed by atoms with Crippen LogP contribution in [0.15, 0.2) is 30.7 Å². The first-order chi connectivity index (χ1) is 10.6. The van der Waals surface area contributed by atoms with Crippen molar-refractivity contribution in [2.75, 3.05) is 18.9 Å². The second kappa shape index (κ2) is 6.17. The van der Waals surface area contributed by atoms with Gasteiger partial charge in [0.2, 0.25) is 0 Å². The number of fused-ring (bicyclic) bond motifs is 1. The van der Waals surface area contributed by atoms with Crippen molar-refractivity contribution in [3.63, 3.8) is 0 Å². The molecule has 1 unspecified atom stereocenters. The minimum Gasteiger partial charge on any atom is -0.335 e. The zero-order valence-electron chi connectivity index (χ0n) is 13.0. The molecule has 3 rings (SSSR count). The Labute approximate surface area is 130 Å². The first kappa shape index (κ1) is 14.6. The Hall–Kier alpha value is -2.37. The van der Waals surface area contributed by atoms with Crippen molar-refractivity contribution >= 4 is 11.8 Å². The van der Waals surface area contributed by atoms with Gasteiger partial charge in [-0.05, 0) is 30.9 Å². The van der Waals surface area contributed by atoms with E-state index < -0.39 is 0 Å².